The molecule has 6 heteroatoms. The molecule has 1 heterocycles. The second kappa shape index (κ2) is 6.64. The van der Waals surface area contributed by atoms with Crippen LogP contribution >= 0.6 is 11.5 Å². The average Bonchev–Trinajstić information content (AvgIpc) is 2.97. The Hall–Kier alpha value is -2.23. The molecule has 0 unspecified atom stereocenters. The van der Waals surface area contributed by atoms with Crippen LogP contribution in [0.2, 0.25) is 0 Å². The van der Waals surface area contributed by atoms with E-state index in [1.54, 1.807) is 0 Å². The van der Waals surface area contributed by atoms with Gasteiger partial charge in [0.25, 0.3) is 5.91 Å². The SMILES string of the molecule is O=C(NCc1cccc(C#CCO)c1)c1cnns1. The van der Waals surface area contributed by atoms with Gasteiger partial charge in [-0.15, -0.1) is 5.10 Å². The third-order valence-corrected chi connectivity index (χ3v) is 2.94. The lowest BCUT2D eigenvalue weighted by Crippen LogP contribution is -2.21. The highest BCUT2D eigenvalue weighted by Gasteiger charge is 2.07. The van der Waals surface area contributed by atoms with E-state index in [2.05, 4.69) is 26.7 Å². The molecule has 0 aliphatic carbocycles. The summed E-state index contributed by atoms with van der Waals surface area (Å²) in [7, 11) is 0. The number of carbonyl (C=O) groups excluding carboxylic acids is 1. The van der Waals surface area contributed by atoms with Crippen molar-refractivity contribution in [3.8, 4) is 11.8 Å². The van der Waals surface area contributed by atoms with Crippen LogP contribution in [-0.4, -0.2) is 27.2 Å². The Balaban J connectivity index is 1.98. The van der Waals surface area contributed by atoms with Crippen LogP contribution in [0.5, 0.6) is 0 Å². The van der Waals surface area contributed by atoms with Crippen molar-refractivity contribution in [2.45, 2.75) is 6.54 Å². The maximum absolute atomic E-state index is 11.7. The molecule has 1 aromatic carbocycles. The molecule has 0 aliphatic rings. The normalized spacial score (nSPS) is 9.53. The van der Waals surface area contributed by atoms with E-state index < -0.39 is 0 Å². The third kappa shape index (κ3) is 3.88. The van der Waals surface area contributed by atoms with Gasteiger partial charge in [-0.05, 0) is 29.2 Å². The van der Waals surface area contributed by atoms with Crippen LogP contribution in [0.4, 0.5) is 0 Å². The summed E-state index contributed by atoms with van der Waals surface area (Å²) in [5, 5.41) is 15.0. The molecule has 2 aromatic rings. The highest BCUT2D eigenvalue weighted by atomic mass is 32.1. The Morgan fingerprint density at radius 3 is 3.11 bits per heavy atom. The van der Waals surface area contributed by atoms with Gasteiger partial charge in [0.1, 0.15) is 11.5 Å². The number of hydrogen-bond donors (Lipinski definition) is 2. The lowest BCUT2D eigenvalue weighted by molar-refractivity contribution is 0.0955. The van der Waals surface area contributed by atoms with Crippen LogP contribution < -0.4 is 5.32 Å². The maximum atomic E-state index is 11.7. The number of nitrogens with one attached hydrogen (secondary N) is 1. The Labute approximate surface area is 114 Å². The van der Waals surface area contributed by atoms with Crippen LogP contribution in [0.3, 0.4) is 0 Å². The first-order valence-electron chi connectivity index (χ1n) is 5.54. The molecule has 0 bridgehead atoms. The van der Waals surface area contributed by atoms with Gasteiger partial charge < -0.3 is 10.4 Å². The van der Waals surface area contributed by atoms with Crippen molar-refractivity contribution in [1.82, 2.24) is 14.9 Å². The van der Waals surface area contributed by atoms with E-state index in [0.717, 1.165) is 22.7 Å². The van der Waals surface area contributed by atoms with Gasteiger partial charge in [0.2, 0.25) is 0 Å². The molecule has 2 N–H and O–H groups in total. The van der Waals surface area contributed by atoms with Crippen molar-refractivity contribution in [3.05, 3.63) is 46.5 Å². The molecule has 0 spiro atoms. The fourth-order valence-electron chi connectivity index (χ4n) is 1.44. The van der Waals surface area contributed by atoms with Crippen molar-refractivity contribution >= 4 is 17.4 Å². The summed E-state index contributed by atoms with van der Waals surface area (Å²) in [4.78, 5) is 12.2. The van der Waals surface area contributed by atoms with Crippen molar-refractivity contribution in [3.63, 3.8) is 0 Å². The summed E-state index contributed by atoms with van der Waals surface area (Å²) < 4.78 is 3.63. The van der Waals surface area contributed by atoms with E-state index in [1.807, 2.05) is 24.3 Å². The zero-order valence-electron chi connectivity index (χ0n) is 9.96. The molecule has 19 heavy (non-hydrogen) atoms. The van der Waals surface area contributed by atoms with Crippen LogP contribution in [0, 0.1) is 11.8 Å². The molecule has 0 aliphatic heterocycles. The van der Waals surface area contributed by atoms with Gasteiger partial charge in [0.15, 0.2) is 0 Å². The van der Waals surface area contributed by atoms with Gasteiger partial charge in [-0.25, -0.2) is 0 Å². The topological polar surface area (TPSA) is 75.1 Å². The molecule has 0 saturated carbocycles. The molecule has 1 amide bonds. The van der Waals surface area contributed by atoms with E-state index in [-0.39, 0.29) is 12.5 Å². The van der Waals surface area contributed by atoms with Crippen molar-refractivity contribution < 1.29 is 9.90 Å². The quantitative estimate of drug-likeness (QED) is 0.812. The van der Waals surface area contributed by atoms with Gasteiger partial charge in [-0.2, -0.15) is 0 Å². The Morgan fingerprint density at radius 1 is 1.47 bits per heavy atom. The first-order chi connectivity index (χ1) is 9.29. The van der Waals surface area contributed by atoms with Crippen molar-refractivity contribution in [1.29, 1.82) is 0 Å². The minimum absolute atomic E-state index is 0.167. The van der Waals surface area contributed by atoms with Crippen molar-refractivity contribution in [2.75, 3.05) is 6.61 Å². The van der Waals surface area contributed by atoms with E-state index in [1.165, 1.54) is 6.20 Å². The zero-order valence-corrected chi connectivity index (χ0v) is 10.8. The number of benzene rings is 1. The van der Waals surface area contributed by atoms with E-state index in [0.29, 0.717) is 11.4 Å². The summed E-state index contributed by atoms with van der Waals surface area (Å²) in [5.41, 5.74) is 1.75. The standard InChI is InChI=1S/C13H11N3O2S/c17-6-2-5-10-3-1-4-11(7-10)8-14-13(18)12-9-15-16-19-12/h1,3-4,7,9,17H,6,8H2,(H,14,18). The molecule has 1 aromatic heterocycles. The molecule has 2 rings (SSSR count). The van der Waals surface area contributed by atoms with E-state index in [9.17, 15) is 4.79 Å². The fourth-order valence-corrected chi connectivity index (χ4v) is 1.87. The molecule has 0 atom stereocenters. The van der Waals surface area contributed by atoms with E-state index in [4.69, 9.17) is 5.11 Å². The Bertz CT molecular complexity index is 614. The number of amides is 1. The number of carbonyl (C=O) groups is 1. The maximum Gasteiger partial charge on any atom is 0.264 e. The Kier molecular flexibility index (Phi) is 4.61. The van der Waals surface area contributed by atoms with Gasteiger partial charge in [0, 0.05) is 12.1 Å². The smallest absolute Gasteiger partial charge is 0.264 e. The second-order valence-corrected chi connectivity index (χ2v) is 4.41. The third-order valence-electron chi connectivity index (χ3n) is 2.28. The molecule has 5 nitrogen and oxygen atoms in total. The fraction of sp³-hybridized carbons (Fsp3) is 0.154. The molecular weight excluding hydrogens is 262 g/mol. The summed E-state index contributed by atoms with van der Waals surface area (Å²) >= 11 is 1.06. The van der Waals surface area contributed by atoms with Crippen molar-refractivity contribution in [2.24, 2.45) is 0 Å². The molecule has 0 saturated heterocycles. The summed E-state index contributed by atoms with van der Waals surface area (Å²) in [6.07, 6.45) is 1.43. The number of aromatic nitrogens is 2. The number of hydrogen-bond acceptors (Lipinski definition) is 5. The summed E-state index contributed by atoms with van der Waals surface area (Å²) in [6.45, 7) is 0.241. The van der Waals surface area contributed by atoms with Crippen LogP contribution in [-0.2, 0) is 6.54 Å². The van der Waals surface area contributed by atoms with Crippen LogP contribution in [0.1, 0.15) is 20.8 Å². The molecule has 96 valence electrons. The van der Waals surface area contributed by atoms with Crippen LogP contribution in [0.15, 0.2) is 30.5 Å². The zero-order chi connectivity index (χ0) is 13.5. The number of aliphatic hydroxyl groups is 1. The van der Waals surface area contributed by atoms with Gasteiger partial charge in [-0.3, -0.25) is 4.79 Å². The van der Waals surface area contributed by atoms with E-state index >= 15 is 0 Å². The van der Waals surface area contributed by atoms with Crippen LogP contribution in [0.25, 0.3) is 0 Å². The monoisotopic (exact) mass is 273 g/mol. The average molecular weight is 273 g/mol. The minimum atomic E-state index is -0.193. The Morgan fingerprint density at radius 2 is 2.37 bits per heavy atom. The largest absolute Gasteiger partial charge is 0.384 e. The number of rotatable bonds is 3. The summed E-state index contributed by atoms with van der Waals surface area (Å²) in [5.74, 6) is 5.21. The highest BCUT2D eigenvalue weighted by molar-refractivity contribution is 7.07. The number of aliphatic hydroxyl groups excluding tert-OH is 1. The van der Waals surface area contributed by atoms with Gasteiger partial charge >= 0.3 is 0 Å². The predicted octanol–water partition coefficient (Wildman–Crippen LogP) is 0.812. The summed E-state index contributed by atoms with van der Waals surface area (Å²) in [6, 6.07) is 7.47. The van der Waals surface area contributed by atoms with Gasteiger partial charge in [0.05, 0.1) is 6.20 Å². The predicted molar refractivity (Wildman–Crippen MR) is 71.5 cm³/mol. The molecular formula is C13H11N3O2S. The minimum Gasteiger partial charge on any atom is -0.384 e. The molecule has 0 radical (unpaired) electrons. The first kappa shape index (κ1) is 13.2. The van der Waals surface area contributed by atoms with Gasteiger partial charge in [-0.1, -0.05) is 28.5 Å². The second-order valence-electron chi connectivity index (χ2n) is 3.62. The molecule has 0 fully saturated rings. The first-order valence-corrected chi connectivity index (χ1v) is 6.31. The highest BCUT2D eigenvalue weighted by Crippen LogP contribution is 2.06. The lowest BCUT2D eigenvalue weighted by atomic mass is 10.1. The number of nitrogens with zero attached hydrogens (tertiary/aromatic N) is 2. The lowest BCUT2D eigenvalue weighted by Gasteiger charge is -2.03.